The van der Waals surface area contributed by atoms with Crippen molar-refractivity contribution in [3.05, 3.63) is 51.9 Å². The molecular weight excluding hydrogens is 296 g/mol. The third-order valence-electron chi connectivity index (χ3n) is 3.96. The van der Waals surface area contributed by atoms with Gasteiger partial charge >= 0.3 is 0 Å². The third-order valence-corrected chi connectivity index (χ3v) is 3.96. The predicted molar refractivity (Wildman–Crippen MR) is 89.7 cm³/mol. The Morgan fingerprint density at radius 1 is 1.26 bits per heavy atom. The van der Waals surface area contributed by atoms with E-state index in [0.717, 1.165) is 5.57 Å². The van der Waals surface area contributed by atoms with Gasteiger partial charge in [-0.15, -0.1) is 0 Å². The van der Waals surface area contributed by atoms with Crippen molar-refractivity contribution in [3.8, 4) is 5.95 Å². The minimum absolute atomic E-state index is 0.114. The number of allylic oxidation sites excluding steroid dienone is 1. The highest BCUT2D eigenvalue weighted by Gasteiger charge is 2.19. The molecular formula is C18H26O5. The monoisotopic (exact) mass is 322 g/mol. The Labute approximate surface area is 136 Å². The lowest BCUT2D eigenvalue weighted by Gasteiger charge is -2.18. The molecule has 23 heavy (non-hydrogen) atoms. The molecule has 5 nitrogen and oxygen atoms in total. The fourth-order valence-electron chi connectivity index (χ4n) is 2.11. The quantitative estimate of drug-likeness (QED) is 0.754. The van der Waals surface area contributed by atoms with Crippen molar-refractivity contribution >= 4 is 0 Å². The third kappa shape index (κ3) is 5.37. The van der Waals surface area contributed by atoms with Crippen LogP contribution < -0.4 is 10.2 Å². The summed E-state index contributed by atoms with van der Waals surface area (Å²) in [6, 6.07) is 2.59. The average Bonchev–Trinajstić information content (AvgIpc) is 2.56. The van der Waals surface area contributed by atoms with Gasteiger partial charge in [0.2, 0.25) is 0 Å². The minimum Gasteiger partial charge on any atom is -0.468 e. The summed E-state index contributed by atoms with van der Waals surface area (Å²) in [5.74, 6) is -0.0843. The number of aliphatic hydroxyl groups is 2. The number of aliphatic hydroxyl groups excluding tert-OH is 2. The second-order valence-electron chi connectivity index (χ2n) is 5.72. The van der Waals surface area contributed by atoms with Gasteiger partial charge in [0, 0.05) is 17.9 Å². The molecule has 5 heteroatoms. The molecule has 0 spiro atoms. The minimum atomic E-state index is -0.842. The standard InChI is InChI=1S/C18H26O5/c1-6-11(2)18(21)12(3)7-8-15(20)13(4)16-9-14(19)10-17(22-5)23-16/h6-10,12-13,15,18,20-21H,1-5H3. The average molecular weight is 322 g/mol. The van der Waals surface area contributed by atoms with Crippen LogP contribution in [-0.4, -0.2) is 29.5 Å². The number of ether oxygens (including phenoxy) is 1. The van der Waals surface area contributed by atoms with Crippen molar-refractivity contribution in [3.63, 3.8) is 0 Å². The molecule has 0 aliphatic heterocycles. The van der Waals surface area contributed by atoms with Gasteiger partial charge in [0.15, 0.2) is 5.43 Å². The van der Waals surface area contributed by atoms with E-state index in [0.29, 0.717) is 5.76 Å². The van der Waals surface area contributed by atoms with Crippen LogP contribution >= 0.6 is 0 Å². The molecule has 2 N–H and O–H groups in total. The van der Waals surface area contributed by atoms with Crippen LogP contribution in [0.4, 0.5) is 0 Å². The molecule has 1 aromatic heterocycles. The van der Waals surface area contributed by atoms with Crippen LogP contribution in [0.1, 0.15) is 39.4 Å². The maximum Gasteiger partial charge on any atom is 0.288 e. The Bertz CT molecular complexity index is 614. The summed E-state index contributed by atoms with van der Waals surface area (Å²) in [6.45, 7) is 7.36. The molecule has 0 aromatic carbocycles. The van der Waals surface area contributed by atoms with Crippen LogP contribution in [-0.2, 0) is 0 Å². The van der Waals surface area contributed by atoms with E-state index in [1.165, 1.54) is 19.2 Å². The van der Waals surface area contributed by atoms with Gasteiger partial charge in [-0.1, -0.05) is 32.1 Å². The van der Waals surface area contributed by atoms with Crippen LogP contribution in [0.5, 0.6) is 5.95 Å². The maximum atomic E-state index is 11.6. The Hall–Kier alpha value is -1.85. The van der Waals surface area contributed by atoms with Crippen LogP contribution in [0.3, 0.4) is 0 Å². The van der Waals surface area contributed by atoms with Crippen molar-refractivity contribution in [2.45, 2.75) is 45.8 Å². The molecule has 0 radical (unpaired) electrons. The molecule has 1 heterocycles. The van der Waals surface area contributed by atoms with E-state index in [4.69, 9.17) is 9.15 Å². The summed E-state index contributed by atoms with van der Waals surface area (Å²) in [4.78, 5) is 11.6. The second kappa shape index (κ2) is 8.70. The molecule has 1 rings (SSSR count). The van der Waals surface area contributed by atoms with Gasteiger partial charge in [-0.3, -0.25) is 4.79 Å². The largest absolute Gasteiger partial charge is 0.468 e. The zero-order valence-corrected chi connectivity index (χ0v) is 14.3. The summed E-state index contributed by atoms with van der Waals surface area (Å²) < 4.78 is 10.4. The van der Waals surface area contributed by atoms with Gasteiger partial charge in [0.25, 0.3) is 5.95 Å². The molecule has 0 aliphatic carbocycles. The topological polar surface area (TPSA) is 79.9 Å². The first-order valence-corrected chi connectivity index (χ1v) is 7.66. The Balaban J connectivity index is 2.85. The Kier molecular flexibility index (Phi) is 7.26. The van der Waals surface area contributed by atoms with E-state index in [2.05, 4.69) is 0 Å². The molecule has 0 bridgehead atoms. The molecule has 4 atom stereocenters. The lowest BCUT2D eigenvalue weighted by Crippen LogP contribution is -2.19. The van der Waals surface area contributed by atoms with E-state index in [1.807, 2.05) is 26.8 Å². The number of hydrogen-bond acceptors (Lipinski definition) is 5. The molecule has 0 saturated carbocycles. The van der Waals surface area contributed by atoms with Gasteiger partial charge < -0.3 is 19.4 Å². The highest BCUT2D eigenvalue weighted by Crippen LogP contribution is 2.23. The Morgan fingerprint density at radius 2 is 1.91 bits per heavy atom. The number of hydrogen-bond donors (Lipinski definition) is 2. The zero-order chi connectivity index (χ0) is 17.6. The van der Waals surface area contributed by atoms with Gasteiger partial charge in [0.05, 0.1) is 25.4 Å². The van der Waals surface area contributed by atoms with E-state index >= 15 is 0 Å². The predicted octanol–water partition coefficient (Wildman–Crippen LogP) is 2.63. The summed E-state index contributed by atoms with van der Waals surface area (Å²) in [5.41, 5.74) is 0.641. The fraction of sp³-hybridized carbons (Fsp3) is 0.500. The van der Waals surface area contributed by atoms with Crippen LogP contribution in [0, 0.1) is 5.92 Å². The fourth-order valence-corrected chi connectivity index (χ4v) is 2.11. The summed E-state index contributed by atoms with van der Waals surface area (Å²) in [5, 5.41) is 20.3. The SMILES string of the molecule is CC=C(C)C(O)C(C)C=CC(O)C(C)c1cc(=O)cc(OC)o1. The van der Waals surface area contributed by atoms with Gasteiger partial charge in [-0.05, 0) is 19.4 Å². The maximum absolute atomic E-state index is 11.6. The molecule has 0 saturated heterocycles. The van der Waals surface area contributed by atoms with Crippen LogP contribution in [0.25, 0.3) is 0 Å². The lowest BCUT2D eigenvalue weighted by atomic mass is 9.95. The first-order valence-electron chi connectivity index (χ1n) is 7.66. The lowest BCUT2D eigenvalue weighted by molar-refractivity contribution is 0.165. The van der Waals surface area contributed by atoms with Crippen LogP contribution in [0.2, 0.25) is 0 Å². The van der Waals surface area contributed by atoms with Gasteiger partial charge in [0.1, 0.15) is 5.76 Å². The van der Waals surface area contributed by atoms with Gasteiger partial charge in [-0.2, -0.15) is 0 Å². The number of rotatable bonds is 7. The molecule has 0 amide bonds. The van der Waals surface area contributed by atoms with Gasteiger partial charge in [-0.25, -0.2) is 0 Å². The van der Waals surface area contributed by atoms with E-state index < -0.39 is 18.1 Å². The highest BCUT2D eigenvalue weighted by molar-refractivity contribution is 5.16. The molecule has 0 fully saturated rings. The smallest absolute Gasteiger partial charge is 0.288 e. The van der Waals surface area contributed by atoms with E-state index in [9.17, 15) is 15.0 Å². The highest BCUT2D eigenvalue weighted by atomic mass is 16.6. The second-order valence-corrected chi connectivity index (χ2v) is 5.72. The van der Waals surface area contributed by atoms with Crippen molar-refractivity contribution in [2.75, 3.05) is 7.11 Å². The molecule has 1 aromatic rings. The first-order chi connectivity index (χ1) is 10.8. The zero-order valence-electron chi connectivity index (χ0n) is 14.3. The first kappa shape index (κ1) is 19.2. The Morgan fingerprint density at radius 3 is 2.48 bits per heavy atom. The number of methoxy groups -OCH3 is 1. The van der Waals surface area contributed by atoms with E-state index in [-0.39, 0.29) is 17.3 Å². The molecule has 4 unspecified atom stereocenters. The molecule has 0 aliphatic rings. The van der Waals surface area contributed by atoms with Crippen molar-refractivity contribution in [1.29, 1.82) is 0 Å². The van der Waals surface area contributed by atoms with Crippen molar-refractivity contribution < 1.29 is 19.4 Å². The summed E-state index contributed by atoms with van der Waals surface area (Å²) >= 11 is 0. The normalized spacial score (nSPS) is 17.8. The van der Waals surface area contributed by atoms with Crippen molar-refractivity contribution in [2.24, 2.45) is 5.92 Å². The summed E-state index contributed by atoms with van der Waals surface area (Å²) in [6.07, 6.45) is 3.80. The van der Waals surface area contributed by atoms with Crippen molar-refractivity contribution in [1.82, 2.24) is 0 Å². The van der Waals surface area contributed by atoms with Crippen LogP contribution in [0.15, 0.2) is 45.1 Å². The van der Waals surface area contributed by atoms with E-state index in [1.54, 1.807) is 19.1 Å². The molecule has 128 valence electrons. The summed E-state index contributed by atoms with van der Waals surface area (Å²) in [7, 11) is 1.41.